The van der Waals surface area contributed by atoms with Crippen molar-refractivity contribution < 1.29 is 0 Å². The fourth-order valence-electron chi connectivity index (χ4n) is 1.62. The zero-order valence-electron chi connectivity index (χ0n) is 10.5. The first kappa shape index (κ1) is 12.6. The molecule has 0 aliphatic rings. The van der Waals surface area contributed by atoms with Crippen LogP contribution in [0.2, 0.25) is 0 Å². The molecule has 20 heavy (non-hydrogen) atoms. The number of H-pyrrole nitrogens is 2. The number of nitrogens with zero attached hydrogens (tertiary/aromatic N) is 4. The minimum Gasteiger partial charge on any atom is -0.354 e. The van der Waals surface area contributed by atoms with Crippen LogP contribution in [-0.4, -0.2) is 36.7 Å². The number of fused-ring (bicyclic) bond motifs is 1. The third-order valence-corrected chi connectivity index (χ3v) is 3.36. The van der Waals surface area contributed by atoms with Gasteiger partial charge >= 0.3 is 0 Å². The summed E-state index contributed by atoms with van der Waals surface area (Å²) in [5, 5.41) is 11.8. The molecule has 0 amide bonds. The number of rotatable bonds is 4. The maximum Gasteiger partial charge on any atom is 0.251 e. The molecule has 102 valence electrons. The van der Waals surface area contributed by atoms with Gasteiger partial charge in [-0.3, -0.25) is 9.89 Å². The molecule has 3 rings (SSSR count). The molecule has 0 saturated heterocycles. The molecule has 0 atom stereocenters. The van der Waals surface area contributed by atoms with Gasteiger partial charge in [0.15, 0.2) is 10.8 Å². The largest absolute Gasteiger partial charge is 0.354 e. The molecule has 0 saturated carbocycles. The molecule has 9 heteroatoms. The van der Waals surface area contributed by atoms with Crippen LogP contribution in [0.25, 0.3) is 11.0 Å². The Labute approximate surface area is 117 Å². The van der Waals surface area contributed by atoms with Crippen LogP contribution >= 0.6 is 11.8 Å². The Morgan fingerprint density at radius 3 is 3.10 bits per heavy atom. The lowest BCUT2D eigenvalue weighted by molar-refractivity contribution is 0.932. The van der Waals surface area contributed by atoms with E-state index in [1.165, 1.54) is 24.0 Å². The molecule has 0 spiro atoms. The summed E-state index contributed by atoms with van der Waals surface area (Å²) in [6, 6.07) is 1.36. The van der Waals surface area contributed by atoms with Crippen molar-refractivity contribution in [1.29, 1.82) is 0 Å². The van der Waals surface area contributed by atoms with Crippen LogP contribution in [-0.2, 0) is 0 Å². The van der Waals surface area contributed by atoms with Gasteiger partial charge in [0.25, 0.3) is 5.56 Å². The minimum atomic E-state index is -0.202. The SMILES string of the molecule is CCNc1nc(Sc2nccc(=O)[nH]2)c2cn[nH]c2n1. The number of aromatic amines is 2. The first-order valence-corrected chi connectivity index (χ1v) is 6.76. The monoisotopic (exact) mass is 289 g/mol. The fraction of sp³-hybridized carbons (Fsp3) is 0.182. The van der Waals surface area contributed by atoms with E-state index in [1.807, 2.05) is 6.92 Å². The summed E-state index contributed by atoms with van der Waals surface area (Å²) in [6.45, 7) is 2.67. The van der Waals surface area contributed by atoms with Crippen molar-refractivity contribution >= 4 is 28.7 Å². The highest BCUT2D eigenvalue weighted by Crippen LogP contribution is 2.28. The van der Waals surface area contributed by atoms with Gasteiger partial charge in [-0.2, -0.15) is 10.1 Å². The van der Waals surface area contributed by atoms with Gasteiger partial charge in [-0.05, 0) is 18.7 Å². The number of nitrogens with one attached hydrogen (secondary N) is 3. The Bertz CT molecular complexity index is 797. The van der Waals surface area contributed by atoms with Crippen molar-refractivity contribution in [3.05, 3.63) is 28.8 Å². The van der Waals surface area contributed by atoms with E-state index in [0.717, 1.165) is 5.39 Å². The van der Waals surface area contributed by atoms with Crippen molar-refractivity contribution in [2.75, 3.05) is 11.9 Å². The molecule has 0 fully saturated rings. The Balaban J connectivity index is 2.05. The van der Waals surface area contributed by atoms with Crippen LogP contribution in [0.3, 0.4) is 0 Å². The van der Waals surface area contributed by atoms with E-state index < -0.39 is 0 Å². The standard InChI is InChI=1S/C11H11N7OS/c1-2-12-10-16-8-6(5-14-18-8)9(17-10)20-11-13-4-3-7(19)15-11/h3-5H,2H2,1H3,(H,13,15,19)(H2,12,14,16,17,18). The van der Waals surface area contributed by atoms with Gasteiger partial charge in [0.1, 0.15) is 5.03 Å². The van der Waals surface area contributed by atoms with Crippen molar-refractivity contribution in [2.45, 2.75) is 17.1 Å². The van der Waals surface area contributed by atoms with Crippen molar-refractivity contribution in [3.8, 4) is 0 Å². The number of aromatic nitrogens is 6. The lowest BCUT2D eigenvalue weighted by Gasteiger charge is -2.05. The Kier molecular flexibility index (Phi) is 3.33. The molecule has 0 aliphatic heterocycles. The minimum absolute atomic E-state index is 0.202. The summed E-state index contributed by atoms with van der Waals surface area (Å²) in [6.07, 6.45) is 3.11. The van der Waals surface area contributed by atoms with E-state index >= 15 is 0 Å². The predicted molar refractivity (Wildman–Crippen MR) is 74.8 cm³/mol. The topological polar surface area (TPSA) is 112 Å². The molecule has 0 bridgehead atoms. The molecular weight excluding hydrogens is 278 g/mol. The second kappa shape index (κ2) is 5.29. The average molecular weight is 289 g/mol. The summed E-state index contributed by atoms with van der Waals surface area (Å²) >= 11 is 1.26. The third kappa shape index (κ3) is 2.48. The summed E-state index contributed by atoms with van der Waals surface area (Å²) in [5.41, 5.74) is 0.434. The molecule has 0 aromatic carbocycles. The van der Waals surface area contributed by atoms with Crippen molar-refractivity contribution in [1.82, 2.24) is 30.1 Å². The highest BCUT2D eigenvalue weighted by molar-refractivity contribution is 7.99. The molecule has 3 aromatic heterocycles. The highest BCUT2D eigenvalue weighted by Gasteiger charge is 2.11. The van der Waals surface area contributed by atoms with E-state index in [-0.39, 0.29) is 5.56 Å². The average Bonchev–Trinajstić information content (AvgIpc) is 2.87. The van der Waals surface area contributed by atoms with E-state index in [9.17, 15) is 4.79 Å². The molecule has 3 N–H and O–H groups in total. The molecule has 8 nitrogen and oxygen atoms in total. The van der Waals surface area contributed by atoms with Crippen LogP contribution in [0.1, 0.15) is 6.92 Å². The van der Waals surface area contributed by atoms with Gasteiger partial charge in [-0.15, -0.1) is 0 Å². The lowest BCUT2D eigenvalue weighted by Crippen LogP contribution is -2.06. The normalized spacial score (nSPS) is 10.8. The van der Waals surface area contributed by atoms with E-state index in [4.69, 9.17) is 0 Å². The first-order chi connectivity index (χ1) is 9.76. The van der Waals surface area contributed by atoms with Gasteiger partial charge in [0.05, 0.1) is 11.6 Å². The summed E-state index contributed by atoms with van der Waals surface area (Å²) in [4.78, 5) is 26.7. The maximum absolute atomic E-state index is 11.3. The molecule has 3 heterocycles. The second-order valence-corrected chi connectivity index (χ2v) is 4.83. The van der Waals surface area contributed by atoms with Crippen LogP contribution in [0.15, 0.2) is 33.4 Å². The van der Waals surface area contributed by atoms with Gasteiger partial charge in [0, 0.05) is 18.8 Å². The first-order valence-electron chi connectivity index (χ1n) is 5.94. The summed E-state index contributed by atoms with van der Waals surface area (Å²) in [7, 11) is 0. The van der Waals surface area contributed by atoms with Gasteiger partial charge in [0.2, 0.25) is 5.95 Å². The van der Waals surface area contributed by atoms with E-state index in [0.29, 0.717) is 28.3 Å². The van der Waals surface area contributed by atoms with Gasteiger partial charge < -0.3 is 10.3 Å². The maximum atomic E-state index is 11.3. The summed E-state index contributed by atoms with van der Waals surface area (Å²) < 4.78 is 0. The zero-order valence-corrected chi connectivity index (χ0v) is 11.4. The lowest BCUT2D eigenvalue weighted by atomic mass is 10.4. The summed E-state index contributed by atoms with van der Waals surface area (Å²) in [5.74, 6) is 0.505. The zero-order chi connectivity index (χ0) is 13.9. The third-order valence-electron chi connectivity index (χ3n) is 2.45. The van der Waals surface area contributed by atoms with E-state index in [1.54, 1.807) is 6.20 Å². The molecule has 3 aromatic rings. The Morgan fingerprint density at radius 1 is 1.40 bits per heavy atom. The Hall–Kier alpha value is -2.42. The van der Waals surface area contributed by atoms with Crippen LogP contribution < -0.4 is 10.9 Å². The molecule has 0 radical (unpaired) electrons. The molecule has 0 unspecified atom stereocenters. The Morgan fingerprint density at radius 2 is 2.30 bits per heavy atom. The van der Waals surface area contributed by atoms with Crippen LogP contribution in [0.5, 0.6) is 0 Å². The second-order valence-electron chi connectivity index (χ2n) is 3.86. The molecular formula is C11H11N7OS. The molecule has 0 aliphatic carbocycles. The van der Waals surface area contributed by atoms with Crippen molar-refractivity contribution in [2.24, 2.45) is 0 Å². The number of anilines is 1. The number of hydrogen-bond acceptors (Lipinski definition) is 7. The van der Waals surface area contributed by atoms with Crippen molar-refractivity contribution in [3.63, 3.8) is 0 Å². The quantitative estimate of drug-likeness (QED) is 0.485. The predicted octanol–water partition coefficient (Wildman–Crippen LogP) is 1.02. The van der Waals surface area contributed by atoms with Crippen LogP contribution in [0, 0.1) is 0 Å². The number of hydrogen-bond donors (Lipinski definition) is 3. The van der Waals surface area contributed by atoms with Gasteiger partial charge in [-0.1, -0.05) is 0 Å². The van der Waals surface area contributed by atoms with Gasteiger partial charge in [-0.25, -0.2) is 9.97 Å². The van der Waals surface area contributed by atoms with Crippen LogP contribution in [0.4, 0.5) is 5.95 Å². The van der Waals surface area contributed by atoms with E-state index in [2.05, 4.69) is 35.5 Å². The highest BCUT2D eigenvalue weighted by atomic mass is 32.2. The fourth-order valence-corrected chi connectivity index (χ4v) is 2.46. The smallest absolute Gasteiger partial charge is 0.251 e.